The van der Waals surface area contributed by atoms with Crippen LogP contribution in [0.4, 0.5) is 37.5 Å². The molecule has 5 rings (SSSR count). The fraction of sp³-hybridized carbons (Fsp3) is 0.0769. The van der Waals surface area contributed by atoms with Crippen LogP contribution < -0.4 is 31.2 Å². The van der Waals surface area contributed by atoms with E-state index >= 15 is 0 Å². The fourth-order valence-electron chi connectivity index (χ4n) is 3.64. The Balaban J connectivity index is 1.25. The lowest BCUT2D eigenvalue weighted by Gasteiger charge is -2.11. The average molecular weight is 518 g/mol. The molecule has 12 heteroatoms. The topological polar surface area (TPSA) is 140 Å². The summed E-state index contributed by atoms with van der Waals surface area (Å²) in [5.41, 5.74) is 8.79. The maximum atomic E-state index is 13.3. The highest BCUT2D eigenvalue weighted by Crippen LogP contribution is 2.41. The van der Waals surface area contributed by atoms with E-state index in [-0.39, 0.29) is 17.1 Å². The Morgan fingerprint density at radius 2 is 1.58 bits per heavy atom. The number of nitrogens with zero attached hydrogens (tertiary/aromatic N) is 2. The first kappa shape index (κ1) is 24.4. The Bertz CT molecular complexity index is 1550. The molecule has 0 fully saturated rings. The van der Waals surface area contributed by atoms with Crippen molar-refractivity contribution in [3.63, 3.8) is 0 Å². The van der Waals surface area contributed by atoms with Crippen LogP contribution in [0, 0.1) is 6.92 Å². The van der Waals surface area contributed by atoms with Gasteiger partial charge in [0.1, 0.15) is 0 Å². The van der Waals surface area contributed by atoms with Crippen LogP contribution in [0.5, 0.6) is 11.5 Å². The second-order valence-electron chi connectivity index (χ2n) is 8.31. The Labute approximate surface area is 214 Å². The van der Waals surface area contributed by atoms with Gasteiger partial charge in [-0.2, -0.15) is 0 Å². The van der Waals surface area contributed by atoms with Gasteiger partial charge in [0.15, 0.2) is 11.5 Å². The number of nitrogen functional groups attached to an aromatic ring is 1. The molecule has 2 amide bonds. The van der Waals surface area contributed by atoms with E-state index in [2.05, 4.69) is 35.4 Å². The molecule has 1 aromatic heterocycles. The van der Waals surface area contributed by atoms with Crippen LogP contribution in [-0.4, -0.2) is 28.1 Å². The SMILES string of the molecule is Cc1ccc(NC(=O)c2ccc3c(c2)OC(F)(F)O3)cc1C(=O)Nc1cnc(Nc2cccc(N)c2)nc1. The van der Waals surface area contributed by atoms with Gasteiger partial charge in [0.2, 0.25) is 5.95 Å². The molecule has 1 aliphatic heterocycles. The monoisotopic (exact) mass is 518 g/mol. The summed E-state index contributed by atoms with van der Waals surface area (Å²) in [6, 6.07) is 15.6. The molecular weight excluding hydrogens is 498 g/mol. The number of amides is 2. The molecule has 2 heterocycles. The number of halogens is 2. The lowest BCUT2D eigenvalue weighted by atomic mass is 10.1. The zero-order chi connectivity index (χ0) is 26.9. The summed E-state index contributed by atoms with van der Waals surface area (Å²) in [6.45, 7) is 1.74. The van der Waals surface area contributed by atoms with Crippen LogP contribution in [0.3, 0.4) is 0 Å². The molecular formula is C26H20F2N6O4. The molecule has 10 nitrogen and oxygen atoms in total. The van der Waals surface area contributed by atoms with Crippen molar-refractivity contribution in [2.75, 3.05) is 21.7 Å². The van der Waals surface area contributed by atoms with Crippen molar-refractivity contribution in [2.45, 2.75) is 13.2 Å². The molecule has 0 radical (unpaired) electrons. The lowest BCUT2D eigenvalue weighted by molar-refractivity contribution is -0.286. The van der Waals surface area contributed by atoms with Crippen LogP contribution >= 0.6 is 0 Å². The Kier molecular flexibility index (Phi) is 6.21. The summed E-state index contributed by atoms with van der Waals surface area (Å²) in [7, 11) is 0. The molecule has 0 atom stereocenters. The summed E-state index contributed by atoms with van der Waals surface area (Å²) < 4.78 is 35.2. The summed E-state index contributed by atoms with van der Waals surface area (Å²) in [5.74, 6) is -1.12. The number of anilines is 5. The van der Waals surface area contributed by atoms with Crippen molar-refractivity contribution < 1.29 is 27.8 Å². The second kappa shape index (κ2) is 9.65. The van der Waals surface area contributed by atoms with Gasteiger partial charge >= 0.3 is 6.29 Å². The van der Waals surface area contributed by atoms with Gasteiger partial charge in [-0.3, -0.25) is 9.59 Å². The van der Waals surface area contributed by atoms with E-state index in [9.17, 15) is 18.4 Å². The van der Waals surface area contributed by atoms with Gasteiger partial charge in [0.05, 0.1) is 18.1 Å². The molecule has 38 heavy (non-hydrogen) atoms. The summed E-state index contributed by atoms with van der Waals surface area (Å²) in [4.78, 5) is 34.0. The fourth-order valence-corrected chi connectivity index (χ4v) is 3.64. The van der Waals surface area contributed by atoms with Crippen LogP contribution in [0.2, 0.25) is 0 Å². The standard InChI is InChI=1S/C26H20F2N6O4/c1-14-5-7-18(32-23(35)15-6-8-21-22(9-15)38-26(27,28)37-21)11-20(14)24(36)33-19-12-30-25(31-13-19)34-17-4-2-3-16(29)10-17/h2-13H,29H2,1H3,(H,32,35)(H,33,36)(H,30,31,34). The Morgan fingerprint density at radius 3 is 2.34 bits per heavy atom. The molecule has 0 saturated carbocycles. The third-order valence-corrected chi connectivity index (χ3v) is 5.46. The molecule has 192 valence electrons. The first-order chi connectivity index (χ1) is 18.1. The number of ether oxygens (including phenoxy) is 2. The molecule has 4 aromatic rings. The molecule has 0 aliphatic carbocycles. The first-order valence-corrected chi connectivity index (χ1v) is 11.2. The average Bonchev–Trinajstić information content (AvgIpc) is 3.19. The van der Waals surface area contributed by atoms with Crippen LogP contribution in [0.25, 0.3) is 0 Å². The third kappa shape index (κ3) is 5.43. The molecule has 0 spiro atoms. The van der Waals surface area contributed by atoms with Gasteiger partial charge in [-0.1, -0.05) is 12.1 Å². The predicted molar refractivity (Wildman–Crippen MR) is 136 cm³/mol. The van der Waals surface area contributed by atoms with E-state index in [1.54, 1.807) is 37.3 Å². The second-order valence-corrected chi connectivity index (χ2v) is 8.31. The van der Waals surface area contributed by atoms with Gasteiger partial charge in [0.25, 0.3) is 11.8 Å². The Hall–Kier alpha value is -5.26. The van der Waals surface area contributed by atoms with Crippen molar-refractivity contribution in [1.82, 2.24) is 9.97 Å². The molecule has 0 bridgehead atoms. The van der Waals surface area contributed by atoms with Gasteiger partial charge < -0.3 is 31.2 Å². The molecule has 0 unspecified atom stereocenters. The number of carbonyl (C=O) groups is 2. The van der Waals surface area contributed by atoms with Crippen LogP contribution in [-0.2, 0) is 0 Å². The van der Waals surface area contributed by atoms with Crippen LogP contribution in [0.15, 0.2) is 73.1 Å². The molecule has 0 saturated heterocycles. The summed E-state index contributed by atoms with van der Waals surface area (Å²) >= 11 is 0. The molecule has 1 aliphatic rings. The largest absolute Gasteiger partial charge is 0.586 e. The number of hydrogen-bond donors (Lipinski definition) is 4. The minimum atomic E-state index is -3.78. The number of aryl methyl sites for hydroxylation is 1. The van der Waals surface area contributed by atoms with E-state index in [4.69, 9.17) is 5.73 Å². The maximum absolute atomic E-state index is 13.3. The number of fused-ring (bicyclic) bond motifs is 1. The number of aromatic nitrogens is 2. The highest BCUT2D eigenvalue weighted by atomic mass is 19.3. The van der Waals surface area contributed by atoms with E-state index in [0.29, 0.717) is 34.1 Å². The molecule has 3 aromatic carbocycles. The van der Waals surface area contributed by atoms with Gasteiger partial charge in [-0.15, -0.1) is 8.78 Å². The van der Waals surface area contributed by atoms with Gasteiger partial charge in [-0.25, -0.2) is 9.97 Å². The summed E-state index contributed by atoms with van der Waals surface area (Å²) in [5, 5.41) is 8.38. The normalized spacial score (nSPS) is 13.0. The number of nitrogens with two attached hydrogens (primary N) is 1. The first-order valence-electron chi connectivity index (χ1n) is 11.2. The minimum Gasteiger partial charge on any atom is -0.399 e. The number of benzene rings is 3. The lowest BCUT2D eigenvalue weighted by Crippen LogP contribution is -2.25. The third-order valence-electron chi connectivity index (χ3n) is 5.46. The quantitative estimate of drug-likeness (QED) is 0.263. The highest BCUT2D eigenvalue weighted by Gasteiger charge is 2.43. The maximum Gasteiger partial charge on any atom is 0.586 e. The van der Waals surface area contributed by atoms with E-state index in [1.807, 2.05) is 6.07 Å². The number of nitrogens with one attached hydrogen (secondary N) is 3. The number of alkyl halides is 2. The zero-order valence-electron chi connectivity index (χ0n) is 19.8. The van der Waals surface area contributed by atoms with Crippen molar-refractivity contribution >= 4 is 40.5 Å². The van der Waals surface area contributed by atoms with Crippen molar-refractivity contribution in [2.24, 2.45) is 0 Å². The predicted octanol–water partition coefficient (Wildman–Crippen LogP) is 4.94. The zero-order valence-corrected chi connectivity index (χ0v) is 19.8. The van der Waals surface area contributed by atoms with Gasteiger partial charge in [-0.05, 0) is 61.0 Å². The van der Waals surface area contributed by atoms with Crippen molar-refractivity contribution in [1.29, 1.82) is 0 Å². The van der Waals surface area contributed by atoms with E-state index in [1.165, 1.54) is 30.6 Å². The minimum absolute atomic E-state index is 0.0701. The number of hydrogen-bond acceptors (Lipinski definition) is 8. The number of carbonyl (C=O) groups excluding carboxylic acids is 2. The van der Waals surface area contributed by atoms with E-state index in [0.717, 1.165) is 11.8 Å². The highest BCUT2D eigenvalue weighted by molar-refractivity contribution is 6.08. The van der Waals surface area contributed by atoms with Crippen molar-refractivity contribution in [3.8, 4) is 11.5 Å². The molecule has 5 N–H and O–H groups in total. The summed E-state index contributed by atoms with van der Waals surface area (Å²) in [6.07, 6.45) is -0.887. The van der Waals surface area contributed by atoms with Crippen LogP contribution in [0.1, 0.15) is 26.3 Å². The van der Waals surface area contributed by atoms with E-state index < -0.39 is 18.1 Å². The Morgan fingerprint density at radius 1 is 0.842 bits per heavy atom. The number of rotatable bonds is 6. The van der Waals surface area contributed by atoms with Gasteiger partial charge in [0, 0.05) is 28.2 Å². The van der Waals surface area contributed by atoms with Crippen molar-refractivity contribution in [3.05, 3.63) is 89.7 Å². The smallest absolute Gasteiger partial charge is 0.399 e.